The van der Waals surface area contributed by atoms with Crippen molar-refractivity contribution in [3.63, 3.8) is 0 Å². The number of aromatic nitrogens is 5. The monoisotopic (exact) mass is 620 g/mol. The van der Waals surface area contributed by atoms with E-state index in [1.807, 2.05) is 60.6 Å². The summed E-state index contributed by atoms with van der Waals surface area (Å²) in [6, 6.07) is 15.9. The fraction of sp³-hybridized carbons (Fsp3) is 0.412. The first kappa shape index (κ1) is 31.0. The number of nitrogens with zero attached hydrogens (tertiary/aromatic N) is 7. The number of ether oxygens (including phenoxy) is 1. The SMILES string of the molecule is Cn1cc(-c2ccc(N(C(=O)NCc3ccccc3)[C@H]3CC[C@H](Nc4ncc(C#N)c(NCC5CCOCC5)n4)CC3)nc2)cn1. The van der Waals surface area contributed by atoms with Crippen molar-refractivity contribution in [1.29, 1.82) is 5.26 Å². The lowest BCUT2D eigenvalue weighted by atomic mass is 9.90. The minimum atomic E-state index is -0.169. The van der Waals surface area contributed by atoms with Crippen LogP contribution < -0.4 is 20.9 Å². The van der Waals surface area contributed by atoms with Crippen molar-refractivity contribution in [2.75, 3.05) is 35.3 Å². The predicted octanol–water partition coefficient (Wildman–Crippen LogP) is 5.12. The molecule has 3 N–H and O–H groups in total. The molecular formula is C34H40N10O2. The third-order valence-corrected chi connectivity index (χ3v) is 8.74. The van der Waals surface area contributed by atoms with Crippen LogP contribution in [0.15, 0.2) is 67.3 Å². The fourth-order valence-electron chi connectivity index (χ4n) is 6.11. The summed E-state index contributed by atoms with van der Waals surface area (Å²) in [6.07, 6.45) is 12.3. The second-order valence-electron chi connectivity index (χ2n) is 12.0. The van der Waals surface area contributed by atoms with Gasteiger partial charge in [0.15, 0.2) is 0 Å². The smallest absolute Gasteiger partial charge is 0.323 e. The number of amides is 2. The van der Waals surface area contributed by atoms with E-state index in [1.165, 1.54) is 0 Å². The second-order valence-corrected chi connectivity index (χ2v) is 12.0. The number of urea groups is 1. The Bertz CT molecular complexity index is 1620. The van der Waals surface area contributed by atoms with E-state index in [-0.39, 0.29) is 18.1 Å². The number of hydrogen-bond donors (Lipinski definition) is 3. The lowest BCUT2D eigenvalue weighted by molar-refractivity contribution is 0.0699. The lowest BCUT2D eigenvalue weighted by Crippen LogP contribution is -2.49. The maximum absolute atomic E-state index is 13.7. The first-order chi connectivity index (χ1) is 22.6. The first-order valence-electron chi connectivity index (χ1n) is 16.0. The van der Waals surface area contributed by atoms with Crippen molar-refractivity contribution in [1.82, 2.24) is 30.0 Å². The third kappa shape index (κ3) is 7.79. The molecule has 1 aromatic carbocycles. The Morgan fingerprint density at radius 1 is 1.00 bits per heavy atom. The molecule has 2 aliphatic rings. The van der Waals surface area contributed by atoms with Gasteiger partial charge >= 0.3 is 6.03 Å². The average Bonchev–Trinajstić information content (AvgIpc) is 3.54. The maximum Gasteiger partial charge on any atom is 0.323 e. The highest BCUT2D eigenvalue weighted by Crippen LogP contribution is 2.30. The highest BCUT2D eigenvalue weighted by atomic mass is 16.5. The Balaban J connectivity index is 1.11. The van der Waals surface area contributed by atoms with Crippen molar-refractivity contribution in [2.45, 2.75) is 57.2 Å². The van der Waals surface area contributed by atoms with Crippen molar-refractivity contribution in [3.05, 3.63) is 78.4 Å². The molecule has 2 amide bonds. The number of anilines is 3. The van der Waals surface area contributed by atoms with Gasteiger partial charge in [-0.2, -0.15) is 15.3 Å². The molecule has 4 heterocycles. The van der Waals surface area contributed by atoms with Crippen LogP contribution in [0.2, 0.25) is 0 Å². The number of carbonyl (C=O) groups excluding carboxylic acids is 1. The predicted molar refractivity (Wildman–Crippen MR) is 176 cm³/mol. The lowest BCUT2D eigenvalue weighted by Gasteiger charge is -2.36. The third-order valence-electron chi connectivity index (χ3n) is 8.74. The zero-order valence-corrected chi connectivity index (χ0v) is 26.1. The van der Waals surface area contributed by atoms with Crippen molar-refractivity contribution in [3.8, 4) is 17.2 Å². The molecule has 6 rings (SSSR count). The molecule has 1 aliphatic heterocycles. The van der Waals surface area contributed by atoms with Gasteiger partial charge in [0, 0.05) is 69.0 Å². The summed E-state index contributed by atoms with van der Waals surface area (Å²) in [5.74, 6) is 2.17. The molecule has 1 saturated heterocycles. The number of nitrogens with one attached hydrogen (secondary N) is 3. The highest BCUT2D eigenvalue weighted by Gasteiger charge is 2.31. The summed E-state index contributed by atoms with van der Waals surface area (Å²) in [5, 5.41) is 23.8. The fourth-order valence-corrected chi connectivity index (χ4v) is 6.11. The molecule has 1 aliphatic carbocycles. The Morgan fingerprint density at radius 2 is 1.80 bits per heavy atom. The number of carbonyl (C=O) groups is 1. The van der Waals surface area contributed by atoms with E-state index in [0.29, 0.717) is 35.6 Å². The van der Waals surface area contributed by atoms with E-state index in [0.717, 1.165) is 75.0 Å². The molecule has 0 spiro atoms. The Morgan fingerprint density at radius 3 is 2.50 bits per heavy atom. The zero-order valence-electron chi connectivity index (χ0n) is 26.1. The van der Waals surface area contributed by atoms with Gasteiger partial charge in [-0.25, -0.2) is 14.8 Å². The molecular weight excluding hydrogens is 580 g/mol. The number of hydrogen-bond acceptors (Lipinski definition) is 9. The summed E-state index contributed by atoms with van der Waals surface area (Å²) in [7, 11) is 1.88. The van der Waals surface area contributed by atoms with Gasteiger partial charge in [0.05, 0.1) is 12.4 Å². The van der Waals surface area contributed by atoms with Crippen LogP contribution in [-0.2, 0) is 18.3 Å². The van der Waals surface area contributed by atoms with Crippen LogP contribution in [0.3, 0.4) is 0 Å². The topological polar surface area (TPSA) is 146 Å². The number of pyridine rings is 1. The highest BCUT2D eigenvalue weighted by molar-refractivity contribution is 5.91. The molecule has 46 heavy (non-hydrogen) atoms. The van der Waals surface area contributed by atoms with E-state index in [9.17, 15) is 10.1 Å². The molecule has 12 nitrogen and oxygen atoms in total. The van der Waals surface area contributed by atoms with E-state index in [2.05, 4.69) is 37.1 Å². The van der Waals surface area contributed by atoms with Crippen LogP contribution in [0.1, 0.15) is 49.7 Å². The number of nitriles is 1. The molecule has 2 fully saturated rings. The minimum absolute atomic E-state index is 0.0239. The van der Waals surface area contributed by atoms with Crippen LogP contribution in [0.4, 0.5) is 22.4 Å². The van der Waals surface area contributed by atoms with Gasteiger partial charge in [-0.1, -0.05) is 30.3 Å². The molecule has 0 radical (unpaired) electrons. The molecule has 238 valence electrons. The van der Waals surface area contributed by atoms with Gasteiger partial charge in [0.1, 0.15) is 23.3 Å². The molecule has 12 heteroatoms. The van der Waals surface area contributed by atoms with E-state index in [1.54, 1.807) is 23.3 Å². The van der Waals surface area contributed by atoms with Crippen LogP contribution in [-0.4, -0.2) is 62.6 Å². The van der Waals surface area contributed by atoms with Gasteiger partial charge in [-0.05, 0) is 62.1 Å². The molecule has 0 bridgehead atoms. The minimum Gasteiger partial charge on any atom is -0.381 e. The number of aryl methyl sites for hydroxylation is 1. The van der Waals surface area contributed by atoms with E-state index < -0.39 is 0 Å². The maximum atomic E-state index is 13.7. The first-order valence-corrected chi connectivity index (χ1v) is 16.0. The zero-order chi connectivity index (χ0) is 31.7. The summed E-state index contributed by atoms with van der Waals surface area (Å²) in [5.41, 5.74) is 3.38. The van der Waals surface area contributed by atoms with Gasteiger partial charge < -0.3 is 20.7 Å². The van der Waals surface area contributed by atoms with Crippen LogP contribution in [0, 0.1) is 17.2 Å². The Labute approximate surface area is 269 Å². The van der Waals surface area contributed by atoms with Crippen LogP contribution in [0.5, 0.6) is 0 Å². The largest absolute Gasteiger partial charge is 0.381 e. The van der Waals surface area contributed by atoms with Crippen molar-refractivity contribution in [2.24, 2.45) is 13.0 Å². The summed E-state index contributed by atoms with van der Waals surface area (Å²) in [4.78, 5) is 29.3. The molecule has 3 aromatic heterocycles. The quantitative estimate of drug-likeness (QED) is 0.220. The number of rotatable bonds is 10. The van der Waals surface area contributed by atoms with E-state index >= 15 is 0 Å². The van der Waals surface area contributed by atoms with Crippen LogP contribution >= 0.6 is 0 Å². The van der Waals surface area contributed by atoms with Crippen LogP contribution in [0.25, 0.3) is 11.1 Å². The molecule has 0 unspecified atom stereocenters. The van der Waals surface area contributed by atoms with Gasteiger partial charge in [0.25, 0.3) is 0 Å². The molecule has 0 atom stereocenters. The van der Waals surface area contributed by atoms with Gasteiger partial charge in [-0.15, -0.1) is 0 Å². The Hall–Kier alpha value is -5.02. The Kier molecular flexibility index (Phi) is 10.00. The van der Waals surface area contributed by atoms with Crippen molar-refractivity contribution < 1.29 is 9.53 Å². The second kappa shape index (κ2) is 14.8. The number of benzene rings is 1. The summed E-state index contributed by atoms with van der Waals surface area (Å²) >= 11 is 0. The summed E-state index contributed by atoms with van der Waals surface area (Å²) < 4.78 is 7.22. The molecule has 1 saturated carbocycles. The average molecular weight is 621 g/mol. The molecule has 4 aromatic rings. The standard InChI is InChI=1S/C34H40N10O2/c1-43-23-28(22-40-43)26-7-12-31(36-20-26)44(34(45)39-19-24-5-3-2-4-6-24)30-10-8-29(9-11-30)41-33-38-21-27(17-35)32(42-33)37-18-25-13-15-46-16-14-25/h2-7,12,20-23,25,29-30H,8-11,13-16,18-19H2,1H3,(H,39,45)(H2,37,38,41,42)/t29-,30-. The van der Waals surface area contributed by atoms with Crippen molar-refractivity contribution >= 4 is 23.6 Å². The van der Waals surface area contributed by atoms with Gasteiger partial charge in [-0.3, -0.25) is 9.58 Å². The normalized spacial score (nSPS) is 18.3. The summed E-state index contributed by atoms with van der Waals surface area (Å²) in [6.45, 7) is 2.73. The van der Waals surface area contributed by atoms with Gasteiger partial charge in [0.2, 0.25) is 5.95 Å². The van der Waals surface area contributed by atoms with E-state index in [4.69, 9.17) is 9.72 Å².